The molecule has 0 atom stereocenters. The summed E-state index contributed by atoms with van der Waals surface area (Å²) in [6.45, 7) is 3.55. The van der Waals surface area contributed by atoms with Crippen LogP contribution in [0, 0.1) is 13.8 Å². The van der Waals surface area contributed by atoms with E-state index in [0.717, 1.165) is 24.8 Å². The zero-order chi connectivity index (χ0) is 16.6. The molecule has 7 heteroatoms. The Morgan fingerprint density at radius 1 is 1.17 bits per heavy atom. The maximum absolute atomic E-state index is 12.4. The molecule has 1 heterocycles. The zero-order valence-electron chi connectivity index (χ0n) is 13.0. The molecule has 0 radical (unpaired) electrons. The van der Waals surface area contributed by atoms with E-state index in [0.29, 0.717) is 10.4 Å². The first-order valence-electron chi connectivity index (χ1n) is 7.38. The van der Waals surface area contributed by atoms with Crippen molar-refractivity contribution in [1.82, 2.24) is 10.3 Å². The second-order valence-corrected chi connectivity index (χ2v) is 8.53. The van der Waals surface area contributed by atoms with Crippen molar-refractivity contribution in [3.05, 3.63) is 50.7 Å². The maximum Gasteiger partial charge on any atom is 0.276 e. The highest BCUT2D eigenvalue weighted by Gasteiger charge is 2.21. The third-order valence-electron chi connectivity index (χ3n) is 3.90. The summed E-state index contributed by atoms with van der Waals surface area (Å²) >= 11 is 1.44. The molecule has 1 aromatic heterocycles. The molecule has 122 valence electrons. The normalized spacial score (nSPS) is 13.8. The number of benzene rings is 1. The van der Waals surface area contributed by atoms with Crippen LogP contribution in [0.2, 0.25) is 0 Å². The van der Waals surface area contributed by atoms with Gasteiger partial charge in [-0.05, 0) is 61.9 Å². The monoisotopic (exact) mass is 350 g/mol. The average Bonchev–Trinajstić information content (AvgIpc) is 3.08. The molecule has 23 heavy (non-hydrogen) atoms. The van der Waals surface area contributed by atoms with Crippen LogP contribution in [0.1, 0.15) is 37.7 Å². The molecule has 2 N–H and O–H groups in total. The summed E-state index contributed by atoms with van der Waals surface area (Å²) in [5.41, 5.74) is 4.99. The van der Waals surface area contributed by atoms with Crippen molar-refractivity contribution in [3.8, 4) is 0 Å². The van der Waals surface area contributed by atoms with E-state index in [1.54, 1.807) is 19.1 Å². The van der Waals surface area contributed by atoms with Crippen molar-refractivity contribution in [1.29, 1.82) is 0 Å². The number of sulfonamides is 1. The van der Waals surface area contributed by atoms with Crippen LogP contribution >= 0.6 is 11.3 Å². The van der Waals surface area contributed by atoms with Gasteiger partial charge in [0, 0.05) is 4.88 Å². The average molecular weight is 350 g/mol. The first-order valence-corrected chi connectivity index (χ1v) is 9.68. The number of nitrogens with one attached hydrogen (secondary N) is 2. The highest BCUT2D eigenvalue weighted by Crippen LogP contribution is 2.30. The predicted molar refractivity (Wildman–Crippen MR) is 90.0 cm³/mol. The second-order valence-electron chi connectivity index (χ2n) is 5.74. The molecular weight excluding hydrogens is 332 g/mol. The first kappa shape index (κ1) is 16.2. The summed E-state index contributed by atoms with van der Waals surface area (Å²) in [4.78, 5) is 16.3. The fourth-order valence-corrected chi connectivity index (χ4v) is 4.99. The van der Waals surface area contributed by atoms with Crippen molar-refractivity contribution in [2.75, 3.05) is 0 Å². The van der Waals surface area contributed by atoms with E-state index < -0.39 is 15.9 Å². The molecule has 1 amide bonds. The van der Waals surface area contributed by atoms with Crippen molar-refractivity contribution in [2.24, 2.45) is 0 Å². The van der Waals surface area contributed by atoms with E-state index in [9.17, 15) is 13.2 Å². The van der Waals surface area contributed by atoms with E-state index >= 15 is 0 Å². The Labute approximate surface area is 139 Å². The Bertz CT molecular complexity index is 848. The van der Waals surface area contributed by atoms with Crippen LogP contribution in [0.5, 0.6) is 0 Å². The molecule has 0 saturated carbocycles. The number of fused-ring (bicyclic) bond motifs is 1. The minimum Gasteiger partial charge on any atom is -0.273 e. The SMILES string of the molecule is Cc1ccc(C)c(S(=O)(=O)NNC(=O)c2cc3c(s2)CCC3)c1. The molecule has 0 bridgehead atoms. The van der Waals surface area contributed by atoms with E-state index in [1.807, 2.05) is 19.1 Å². The molecule has 0 aliphatic heterocycles. The number of amides is 1. The predicted octanol–water partition coefficient (Wildman–Crippen LogP) is 2.48. The van der Waals surface area contributed by atoms with Gasteiger partial charge in [-0.25, -0.2) is 8.42 Å². The van der Waals surface area contributed by atoms with Gasteiger partial charge >= 0.3 is 0 Å². The molecule has 0 fully saturated rings. The van der Waals surface area contributed by atoms with Gasteiger partial charge in [0.05, 0.1) is 9.77 Å². The number of hydrogen-bond acceptors (Lipinski definition) is 4. The van der Waals surface area contributed by atoms with Gasteiger partial charge in [-0.1, -0.05) is 12.1 Å². The van der Waals surface area contributed by atoms with Gasteiger partial charge in [0.2, 0.25) is 0 Å². The second kappa shape index (κ2) is 6.07. The third-order valence-corrected chi connectivity index (χ3v) is 6.53. The van der Waals surface area contributed by atoms with E-state index in [2.05, 4.69) is 10.3 Å². The van der Waals surface area contributed by atoms with Crippen LogP contribution in [0.3, 0.4) is 0 Å². The summed E-state index contributed by atoms with van der Waals surface area (Å²) in [5.74, 6) is -0.418. The molecule has 0 unspecified atom stereocenters. The zero-order valence-corrected chi connectivity index (χ0v) is 14.6. The van der Waals surface area contributed by atoms with Gasteiger partial charge < -0.3 is 0 Å². The number of carbonyl (C=O) groups excluding carboxylic acids is 1. The van der Waals surface area contributed by atoms with E-state index in [-0.39, 0.29) is 4.90 Å². The molecule has 1 aromatic carbocycles. The molecule has 0 saturated heterocycles. The number of hydrogen-bond donors (Lipinski definition) is 2. The lowest BCUT2D eigenvalue weighted by Crippen LogP contribution is -2.41. The van der Waals surface area contributed by atoms with Gasteiger partial charge in [-0.3, -0.25) is 10.2 Å². The summed E-state index contributed by atoms with van der Waals surface area (Å²) < 4.78 is 24.7. The lowest BCUT2D eigenvalue weighted by molar-refractivity contribution is 0.0949. The smallest absolute Gasteiger partial charge is 0.273 e. The summed E-state index contributed by atoms with van der Waals surface area (Å²) in [6.07, 6.45) is 3.12. The van der Waals surface area contributed by atoms with Crippen LogP contribution in [-0.4, -0.2) is 14.3 Å². The Balaban J connectivity index is 1.73. The number of thiophene rings is 1. The van der Waals surface area contributed by atoms with Gasteiger partial charge in [0.15, 0.2) is 0 Å². The van der Waals surface area contributed by atoms with Crippen LogP contribution in [-0.2, 0) is 22.9 Å². The molecule has 0 spiro atoms. The van der Waals surface area contributed by atoms with Gasteiger partial charge in [0.1, 0.15) is 0 Å². The van der Waals surface area contributed by atoms with Gasteiger partial charge in [-0.15, -0.1) is 16.2 Å². The fourth-order valence-electron chi connectivity index (χ4n) is 2.67. The lowest BCUT2D eigenvalue weighted by atomic mass is 10.2. The Hall–Kier alpha value is -1.70. The molecule has 5 nitrogen and oxygen atoms in total. The summed E-state index contributed by atoms with van der Waals surface area (Å²) in [7, 11) is -3.79. The highest BCUT2D eigenvalue weighted by atomic mass is 32.2. The van der Waals surface area contributed by atoms with E-state index in [1.165, 1.54) is 21.8 Å². The third kappa shape index (κ3) is 3.31. The lowest BCUT2D eigenvalue weighted by Gasteiger charge is -2.10. The molecule has 2 aromatic rings. The van der Waals surface area contributed by atoms with Crippen molar-refractivity contribution in [2.45, 2.75) is 38.0 Å². The maximum atomic E-state index is 12.4. The molecule has 3 rings (SSSR count). The van der Waals surface area contributed by atoms with Crippen LogP contribution < -0.4 is 10.3 Å². The summed E-state index contributed by atoms with van der Waals surface area (Å²) in [6, 6.07) is 7.04. The highest BCUT2D eigenvalue weighted by molar-refractivity contribution is 7.89. The van der Waals surface area contributed by atoms with Crippen molar-refractivity contribution < 1.29 is 13.2 Å². The fraction of sp³-hybridized carbons (Fsp3) is 0.312. The topological polar surface area (TPSA) is 75.3 Å². The molecule has 1 aliphatic rings. The number of carbonyl (C=O) groups is 1. The molecule has 1 aliphatic carbocycles. The summed E-state index contributed by atoms with van der Waals surface area (Å²) in [5, 5.41) is 0. The number of hydrazine groups is 1. The standard InChI is InChI=1S/C16H18N2O3S2/c1-10-6-7-11(2)15(8-10)23(20,21)18-17-16(19)14-9-12-4-3-5-13(12)22-14/h6-9,18H,3-5H2,1-2H3,(H,17,19). The quantitative estimate of drug-likeness (QED) is 0.832. The molecular formula is C16H18N2O3S2. The van der Waals surface area contributed by atoms with Crippen LogP contribution in [0.25, 0.3) is 0 Å². The van der Waals surface area contributed by atoms with Gasteiger partial charge in [0.25, 0.3) is 15.9 Å². The van der Waals surface area contributed by atoms with Crippen LogP contribution in [0.15, 0.2) is 29.2 Å². The Kier molecular flexibility index (Phi) is 4.27. The first-order chi connectivity index (χ1) is 10.9. The van der Waals surface area contributed by atoms with E-state index in [4.69, 9.17) is 0 Å². The largest absolute Gasteiger partial charge is 0.276 e. The van der Waals surface area contributed by atoms with Crippen molar-refractivity contribution >= 4 is 27.3 Å². The van der Waals surface area contributed by atoms with Crippen molar-refractivity contribution in [3.63, 3.8) is 0 Å². The minimum absolute atomic E-state index is 0.173. The number of aryl methyl sites for hydroxylation is 4. The van der Waals surface area contributed by atoms with Gasteiger partial charge in [-0.2, -0.15) is 0 Å². The van der Waals surface area contributed by atoms with Crippen LogP contribution in [0.4, 0.5) is 0 Å². The Morgan fingerprint density at radius 3 is 2.70 bits per heavy atom. The Morgan fingerprint density at radius 2 is 1.96 bits per heavy atom. The minimum atomic E-state index is -3.79. The number of rotatable bonds is 4.